The summed E-state index contributed by atoms with van der Waals surface area (Å²) in [4.78, 5) is 4.23. The normalized spacial score (nSPS) is 11.7. The Morgan fingerprint density at radius 1 is 1.19 bits per heavy atom. The topological polar surface area (TPSA) is 85.5 Å². The van der Waals surface area contributed by atoms with Crippen molar-refractivity contribution in [2.24, 2.45) is 0 Å². The summed E-state index contributed by atoms with van der Waals surface area (Å²) in [6.45, 7) is 1.40. The first-order chi connectivity index (χ1) is 12.8. The van der Waals surface area contributed by atoms with Crippen LogP contribution in [0, 0.1) is 12.7 Å². The number of hydrogen-bond acceptors (Lipinski definition) is 6. The summed E-state index contributed by atoms with van der Waals surface area (Å²) in [6.07, 6.45) is 0. The minimum absolute atomic E-state index is 0.00112. The molecule has 27 heavy (non-hydrogen) atoms. The van der Waals surface area contributed by atoms with Crippen molar-refractivity contribution in [1.82, 2.24) is 14.4 Å². The summed E-state index contributed by atoms with van der Waals surface area (Å²) in [5, 5.41) is 3.88. The highest BCUT2D eigenvalue weighted by Crippen LogP contribution is 2.22. The van der Waals surface area contributed by atoms with Gasteiger partial charge in [-0.15, -0.1) is 0 Å². The summed E-state index contributed by atoms with van der Waals surface area (Å²) < 4.78 is 50.0. The van der Waals surface area contributed by atoms with Crippen LogP contribution < -0.4 is 4.74 Å². The summed E-state index contributed by atoms with van der Waals surface area (Å²) >= 11 is 0. The van der Waals surface area contributed by atoms with Gasteiger partial charge in [-0.25, -0.2) is 12.8 Å². The number of nitrogens with zero attached hydrogens (tertiary/aromatic N) is 3. The lowest BCUT2D eigenvalue weighted by Crippen LogP contribution is -2.26. The molecule has 1 heterocycles. The number of aryl methyl sites for hydroxylation is 1. The van der Waals surface area contributed by atoms with Gasteiger partial charge >= 0.3 is 0 Å². The lowest BCUT2D eigenvalue weighted by Gasteiger charge is -2.15. The molecular weight excluding hydrogens is 373 g/mol. The van der Waals surface area contributed by atoms with Gasteiger partial charge in [-0.3, -0.25) is 0 Å². The number of benzene rings is 2. The van der Waals surface area contributed by atoms with Crippen molar-refractivity contribution < 1.29 is 22.1 Å². The van der Waals surface area contributed by atoms with Crippen molar-refractivity contribution in [3.63, 3.8) is 0 Å². The fourth-order valence-corrected chi connectivity index (χ4v) is 3.62. The van der Waals surface area contributed by atoms with E-state index in [0.717, 1.165) is 10.4 Å². The zero-order valence-electron chi connectivity index (χ0n) is 15.0. The van der Waals surface area contributed by atoms with E-state index in [1.54, 1.807) is 31.4 Å². The van der Waals surface area contributed by atoms with E-state index >= 15 is 0 Å². The molecule has 0 unspecified atom stereocenters. The molecule has 0 amide bonds. The Bertz CT molecular complexity index is 1050. The highest BCUT2D eigenvalue weighted by molar-refractivity contribution is 7.89. The number of halogens is 1. The number of sulfonamides is 1. The van der Waals surface area contributed by atoms with Crippen molar-refractivity contribution in [1.29, 1.82) is 0 Å². The molecule has 0 aliphatic rings. The molecule has 0 saturated carbocycles. The van der Waals surface area contributed by atoms with Crippen molar-refractivity contribution in [3.8, 4) is 17.1 Å². The molecule has 0 radical (unpaired) electrons. The Labute approximate surface area is 156 Å². The molecule has 0 N–H and O–H groups in total. The van der Waals surface area contributed by atoms with Crippen molar-refractivity contribution in [2.75, 3.05) is 14.2 Å². The lowest BCUT2D eigenvalue weighted by atomic mass is 10.2. The van der Waals surface area contributed by atoms with Crippen molar-refractivity contribution in [3.05, 3.63) is 59.7 Å². The predicted molar refractivity (Wildman–Crippen MR) is 96.1 cm³/mol. The first-order valence-electron chi connectivity index (χ1n) is 8.01. The molecule has 0 aliphatic carbocycles. The van der Waals surface area contributed by atoms with Crippen LogP contribution in [0.15, 0.2) is 51.9 Å². The molecule has 0 spiro atoms. The molecule has 3 rings (SSSR count). The van der Waals surface area contributed by atoms with E-state index in [9.17, 15) is 12.8 Å². The maximum Gasteiger partial charge on any atom is 0.243 e. The Morgan fingerprint density at radius 2 is 1.89 bits per heavy atom. The van der Waals surface area contributed by atoms with Crippen molar-refractivity contribution >= 4 is 10.0 Å². The summed E-state index contributed by atoms with van der Waals surface area (Å²) in [6, 6.07) is 10.7. The van der Waals surface area contributed by atoms with E-state index in [2.05, 4.69) is 10.1 Å². The van der Waals surface area contributed by atoms with E-state index in [4.69, 9.17) is 9.26 Å². The van der Waals surface area contributed by atoms with E-state index in [1.165, 1.54) is 26.1 Å². The zero-order chi connectivity index (χ0) is 19.6. The maximum absolute atomic E-state index is 13.4. The third-order valence-electron chi connectivity index (χ3n) is 4.01. The standard InChI is InChI=1S/C18H18FN3O4S/c1-12-10-15(8-9-16(12)19)27(23,24)22(2)11-17-20-18(21-26-17)13-4-6-14(25-3)7-5-13/h4-10H,11H2,1-3H3. The number of aromatic nitrogens is 2. The molecule has 1 aromatic heterocycles. The monoisotopic (exact) mass is 391 g/mol. The quantitative estimate of drug-likeness (QED) is 0.642. The Morgan fingerprint density at radius 3 is 2.52 bits per heavy atom. The average molecular weight is 391 g/mol. The van der Waals surface area contributed by atoms with Gasteiger partial charge in [0.1, 0.15) is 11.6 Å². The smallest absolute Gasteiger partial charge is 0.243 e. The third-order valence-corrected chi connectivity index (χ3v) is 5.81. The zero-order valence-corrected chi connectivity index (χ0v) is 15.8. The van der Waals surface area contributed by atoms with Gasteiger partial charge in [0.05, 0.1) is 18.6 Å². The average Bonchev–Trinajstić information content (AvgIpc) is 3.12. The predicted octanol–water partition coefficient (Wildman–Crippen LogP) is 3.01. The Kier molecular flexibility index (Phi) is 5.24. The van der Waals surface area contributed by atoms with E-state index < -0.39 is 15.8 Å². The molecule has 0 bridgehead atoms. The van der Waals surface area contributed by atoms with Crippen LogP contribution >= 0.6 is 0 Å². The molecule has 0 saturated heterocycles. The summed E-state index contributed by atoms with van der Waals surface area (Å²) in [5.41, 5.74) is 0.967. The summed E-state index contributed by atoms with van der Waals surface area (Å²) in [5.74, 6) is 0.724. The van der Waals surface area contributed by atoms with Gasteiger partial charge in [-0.1, -0.05) is 5.16 Å². The van der Waals surface area contributed by atoms with E-state index in [0.29, 0.717) is 17.1 Å². The number of methoxy groups -OCH3 is 1. The molecule has 9 heteroatoms. The molecule has 2 aromatic carbocycles. The molecular formula is C18H18FN3O4S. The molecule has 0 atom stereocenters. The highest BCUT2D eigenvalue weighted by atomic mass is 32.2. The third kappa shape index (κ3) is 3.99. The number of ether oxygens (including phenoxy) is 1. The second-order valence-corrected chi connectivity index (χ2v) is 7.96. The van der Waals surface area contributed by atoms with Gasteiger partial charge in [0.25, 0.3) is 0 Å². The molecule has 3 aromatic rings. The van der Waals surface area contributed by atoms with Crippen molar-refractivity contribution in [2.45, 2.75) is 18.4 Å². The van der Waals surface area contributed by atoms with Gasteiger partial charge in [-0.2, -0.15) is 9.29 Å². The fraction of sp³-hybridized carbons (Fsp3) is 0.222. The van der Waals surface area contributed by atoms with Gasteiger partial charge in [0, 0.05) is 12.6 Å². The first-order valence-corrected chi connectivity index (χ1v) is 9.45. The minimum Gasteiger partial charge on any atom is -0.497 e. The lowest BCUT2D eigenvalue weighted by molar-refractivity contribution is 0.336. The Balaban J connectivity index is 1.78. The Hall–Kier alpha value is -2.78. The van der Waals surface area contributed by atoms with Gasteiger partial charge in [0.2, 0.25) is 21.7 Å². The maximum atomic E-state index is 13.4. The van der Waals surface area contributed by atoms with Gasteiger partial charge in [-0.05, 0) is 55.0 Å². The number of rotatable bonds is 6. The van der Waals surface area contributed by atoms with Gasteiger partial charge in [0.15, 0.2) is 0 Å². The SMILES string of the molecule is COc1ccc(-c2noc(CN(C)S(=O)(=O)c3ccc(F)c(C)c3)n2)cc1. The molecule has 0 fully saturated rings. The second kappa shape index (κ2) is 7.45. The van der Waals surface area contributed by atoms with Crippen LogP contribution in [0.3, 0.4) is 0 Å². The minimum atomic E-state index is -3.82. The van der Waals surface area contributed by atoms with Gasteiger partial charge < -0.3 is 9.26 Å². The van der Waals surface area contributed by atoms with Crippen LogP contribution in [-0.2, 0) is 16.6 Å². The molecule has 0 aliphatic heterocycles. The van der Waals surface area contributed by atoms with Crippen LogP contribution in [0.2, 0.25) is 0 Å². The molecule has 142 valence electrons. The van der Waals surface area contributed by atoms with Crippen LogP contribution in [0.25, 0.3) is 11.4 Å². The largest absolute Gasteiger partial charge is 0.497 e. The van der Waals surface area contributed by atoms with Crippen LogP contribution in [0.1, 0.15) is 11.5 Å². The highest BCUT2D eigenvalue weighted by Gasteiger charge is 2.24. The van der Waals surface area contributed by atoms with Crippen LogP contribution in [0.4, 0.5) is 4.39 Å². The van der Waals surface area contributed by atoms with Crippen LogP contribution in [-0.4, -0.2) is 37.0 Å². The second-order valence-electron chi connectivity index (χ2n) is 5.91. The fourth-order valence-electron chi connectivity index (χ4n) is 2.41. The van der Waals surface area contributed by atoms with E-state index in [1.807, 2.05) is 0 Å². The van der Waals surface area contributed by atoms with E-state index in [-0.39, 0.29) is 22.9 Å². The first kappa shape index (κ1) is 19.0. The number of hydrogen-bond donors (Lipinski definition) is 0. The summed E-state index contributed by atoms with van der Waals surface area (Å²) in [7, 11) is -0.855. The van der Waals surface area contributed by atoms with Crippen LogP contribution in [0.5, 0.6) is 5.75 Å². The molecule has 7 nitrogen and oxygen atoms in total.